The molecule has 1 heterocycles. The van der Waals surface area contributed by atoms with Gasteiger partial charge in [0, 0.05) is 36.7 Å². The maximum absolute atomic E-state index is 13.0. The molecule has 0 unspecified atom stereocenters. The third-order valence-electron chi connectivity index (χ3n) is 5.20. The molecule has 1 amide bonds. The number of benzene rings is 2. The number of anilines is 1. The first-order chi connectivity index (χ1) is 15.4. The summed E-state index contributed by atoms with van der Waals surface area (Å²) < 4.78 is 30.5. The molecular formula is C24H30N4O3S. The molecule has 32 heavy (non-hydrogen) atoms. The molecule has 0 aliphatic heterocycles. The fourth-order valence-electron chi connectivity index (χ4n) is 3.35. The maximum Gasteiger partial charge on any atom is 0.262 e. The number of hydrogen-bond acceptors (Lipinski definition) is 4. The SMILES string of the molecule is CCCCc1ccc(NS(=O)(=O)c2cc(C(=O)NCCCn3ccnc3)ccc2C)cc1. The van der Waals surface area contributed by atoms with Gasteiger partial charge < -0.3 is 9.88 Å². The number of carbonyl (C=O) groups is 1. The van der Waals surface area contributed by atoms with E-state index in [1.807, 2.05) is 22.9 Å². The average Bonchev–Trinajstić information content (AvgIpc) is 3.29. The molecule has 170 valence electrons. The van der Waals surface area contributed by atoms with Crippen molar-refractivity contribution in [2.75, 3.05) is 11.3 Å². The molecule has 3 rings (SSSR count). The van der Waals surface area contributed by atoms with Gasteiger partial charge in [0.05, 0.1) is 11.2 Å². The van der Waals surface area contributed by atoms with Crippen molar-refractivity contribution in [3.63, 3.8) is 0 Å². The molecule has 2 aromatic carbocycles. The summed E-state index contributed by atoms with van der Waals surface area (Å²) in [5.74, 6) is -0.299. The number of carbonyl (C=O) groups excluding carboxylic acids is 1. The van der Waals surface area contributed by atoms with Gasteiger partial charge in [-0.3, -0.25) is 9.52 Å². The lowest BCUT2D eigenvalue weighted by molar-refractivity contribution is 0.0952. The topological polar surface area (TPSA) is 93.1 Å². The number of nitrogens with one attached hydrogen (secondary N) is 2. The van der Waals surface area contributed by atoms with E-state index in [-0.39, 0.29) is 10.8 Å². The molecule has 0 fully saturated rings. The summed E-state index contributed by atoms with van der Waals surface area (Å²) in [6.45, 7) is 5.08. The summed E-state index contributed by atoms with van der Waals surface area (Å²) >= 11 is 0. The molecule has 8 heteroatoms. The second-order valence-electron chi connectivity index (χ2n) is 7.80. The van der Waals surface area contributed by atoms with Crippen LogP contribution in [0.15, 0.2) is 66.1 Å². The Morgan fingerprint density at radius 2 is 1.88 bits per heavy atom. The predicted molar refractivity (Wildman–Crippen MR) is 126 cm³/mol. The third kappa shape index (κ3) is 6.43. The van der Waals surface area contributed by atoms with Crippen LogP contribution in [0.2, 0.25) is 0 Å². The number of aromatic nitrogens is 2. The molecule has 0 bridgehead atoms. The number of hydrogen-bond donors (Lipinski definition) is 2. The van der Waals surface area contributed by atoms with Crippen LogP contribution in [0.4, 0.5) is 5.69 Å². The van der Waals surface area contributed by atoms with E-state index in [2.05, 4.69) is 21.9 Å². The van der Waals surface area contributed by atoms with E-state index < -0.39 is 10.0 Å². The van der Waals surface area contributed by atoms with Gasteiger partial charge in [0.1, 0.15) is 0 Å². The van der Waals surface area contributed by atoms with E-state index in [1.54, 1.807) is 43.7 Å². The highest BCUT2D eigenvalue weighted by atomic mass is 32.2. The van der Waals surface area contributed by atoms with Crippen molar-refractivity contribution in [3.05, 3.63) is 77.9 Å². The lowest BCUT2D eigenvalue weighted by Gasteiger charge is -2.13. The van der Waals surface area contributed by atoms with E-state index in [9.17, 15) is 13.2 Å². The van der Waals surface area contributed by atoms with E-state index in [4.69, 9.17) is 0 Å². The summed E-state index contributed by atoms with van der Waals surface area (Å²) in [6, 6.07) is 12.1. The number of amides is 1. The Balaban J connectivity index is 1.64. The summed E-state index contributed by atoms with van der Waals surface area (Å²) in [4.78, 5) is 16.6. The molecule has 0 spiro atoms. The van der Waals surface area contributed by atoms with Gasteiger partial charge in [0.2, 0.25) is 0 Å². The van der Waals surface area contributed by atoms with Crippen molar-refractivity contribution in [1.82, 2.24) is 14.9 Å². The summed E-state index contributed by atoms with van der Waals surface area (Å²) in [6.07, 6.45) is 9.24. The standard InChI is InChI=1S/C24H30N4O3S/c1-3-4-6-20-8-11-22(12-9-20)27-32(30,31)23-17-21(10-7-19(23)2)24(29)26-13-5-15-28-16-14-25-18-28/h7-12,14,16-18,27H,3-6,13,15H2,1-2H3,(H,26,29). The van der Waals surface area contributed by atoms with Gasteiger partial charge in [-0.15, -0.1) is 0 Å². The van der Waals surface area contributed by atoms with Crippen LogP contribution in [-0.4, -0.2) is 30.4 Å². The largest absolute Gasteiger partial charge is 0.352 e. The van der Waals surface area contributed by atoms with Crippen LogP contribution in [0.5, 0.6) is 0 Å². The Bertz CT molecular complexity index is 1120. The first kappa shape index (κ1) is 23.5. The zero-order valence-electron chi connectivity index (χ0n) is 18.5. The molecule has 0 saturated carbocycles. The number of aryl methyl sites for hydroxylation is 3. The molecule has 3 aromatic rings. The maximum atomic E-state index is 13.0. The van der Waals surface area contributed by atoms with Crippen molar-refractivity contribution in [2.45, 2.75) is 51.0 Å². The van der Waals surface area contributed by atoms with Crippen molar-refractivity contribution in [3.8, 4) is 0 Å². The van der Waals surface area contributed by atoms with Gasteiger partial charge in [-0.25, -0.2) is 13.4 Å². The van der Waals surface area contributed by atoms with Crippen molar-refractivity contribution in [2.24, 2.45) is 0 Å². The second kappa shape index (κ2) is 10.9. The van der Waals surface area contributed by atoms with E-state index in [0.717, 1.165) is 32.2 Å². The quantitative estimate of drug-likeness (QED) is 0.426. The minimum atomic E-state index is -3.82. The molecular weight excluding hydrogens is 424 g/mol. The highest BCUT2D eigenvalue weighted by Crippen LogP contribution is 2.21. The first-order valence-corrected chi connectivity index (χ1v) is 12.3. The summed E-state index contributed by atoms with van der Waals surface area (Å²) in [5.41, 5.74) is 2.57. The minimum Gasteiger partial charge on any atom is -0.352 e. The fraction of sp³-hybridized carbons (Fsp3) is 0.333. The van der Waals surface area contributed by atoms with E-state index >= 15 is 0 Å². The van der Waals surface area contributed by atoms with E-state index in [1.165, 1.54) is 11.6 Å². The van der Waals surface area contributed by atoms with Crippen LogP contribution < -0.4 is 10.0 Å². The third-order valence-corrected chi connectivity index (χ3v) is 6.73. The van der Waals surface area contributed by atoms with Crippen LogP contribution >= 0.6 is 0 Å². The van der Waals surface area contributed by atoms with E-state index in [0.29, 0.717) is 23.4 Å². The molecule has 0 atom stereocenters. The van der Waals surface area contributed by atoms with Gasteiger partial charge in [-0.1, -0.05) is 31.5 Å². The summed E-state index contributed by atoms with van der Waals surface area (Å²) in [5, 5.41) is 2.84. The number of sulfonamides is 1. The van der Waals surface area contributed by atoms with Crippen LogP contribution in [0.1, 0.15) is 47.7 Å². The van der Waals surface area contributed by atoms with Gasteiger partial charge in [0.25, 0.3) is 15.9 Å². The minimum absolute atomic E-state index is 0.0959. The normalized spacial score (nSPS) is 11.3. The van der Waals surface area contributed by atoms with Crippen molar-refractivity contribution < 1.29 is 13.2 Å². The Kier molecular flexibility index (Phi) is 8.05. The Hall–Kier alpha value is -3.13. The average molecular weight is 455 g/mol. The Morgan fingerprint density at radius 3 is 2.56 bits per heavy atom. The number of imidazole rings is 1. The zero-order valence-corrected chi connectivity index (χ0v) is 19.4. The molecule has 0 saturated heterocycles. The Labute approximate surface area is 189 Å². The molecule has 1 aromatic heterocycles. The fourth-order valence-corrected chi connectivity index (χ4v) is 4.68. The zero-order chi connectivity index (χ0) is 23.0. The molecule has 0 radical (unpaired) electrons. The van der Waals surface area contributed by atoms with Crippen molar-refractivity contribution in [1.29, 1.82) is 0 Å². The van der Waals surface area contributed by atoms with Crippen LogP contribution in [0.3, 0.4) is 0 Å². The lowest BCUT2D eigenvalue weighted by atomic mass is 10.1. The van der Waals surface area contributed by atoms with Crippen LogP contribution in [0.25, 0.3) is 0 Å². The van der Waals surface area contributed by atoms with Gasteiger partial charge in [-0.2, -0.15) is 0 Å². The molecule has 0 aliphatic carbocycles. The van der Waals surface area contributed by atoms with Gasteiger partial charge >= 0.3 is 0 Å². The van der Waals surface area contributed by atoms with Gasteiger partial charge in [0.15, 0.2) is 0 Å². The molecule has 0 aliphatic rings. The number of unbranched alkanes of at least 4 members (excludes halogenated alkanes) is 1. The molecule has 7 nitrogen and oxygen atoms in total. The molecule has 2 N–H and O–H groups in total. The highest BCUT2D eigenvalue weighted by molar-refractivity contribution is 7.92. The number of nitrogens with zero attached hydrogens (tertiary/aromatic N) is 2. The first-order valence-electron chi connectivity index (χ1n) is 10.9. The number of rotatable bonds is 11. The Morgan fingerprint density at radius 1 is 1.09 bits per heavy atom. The lowest BCUT2D eigenvalue weighted by Crippen LogP contribution is -2.25. The van der Waals surface area contributed by atoms with Crippen LogP contribution in [0, 0.1) is 6.92 Å². The van der Waals surface area contributed by atoms with Crippen LogP contribution in [-0.2, 0) is 23.0 Å². The van der Waals surface area contributed by atoms with Crippen molar-refractivity contribution >= 4 is 21.6 Å². The second-order valence-corrected chi connectivity index (χ2v) is 9.45. The highest BCUT2D eigenvalue weighted by Gasteiger charge is 2.19. The summed E-state index contributed by atoms with van der Waals surface area (Å²) in [7, 11) is -3.82. The monoisotopic (exact) mass is 454 g/mol. The van der Waals surface area contributed by atoms with Gasteiger partial charge in [-0.05, 0) is 61.6 Å². The smallest absolute Gasteiger partial charge is 0.262 e. The predicted octanol–water partition coefficient (Wildman–Crippen LogP) is 4.16.